The second kappa shape index (κ2) is 5.68. The molecule has 0 radical (unpaired) electrons. The molecule has 0 saturated carbocycles. The highest BCUT2D eigenvalue weighted by atomic mass is 16.4. The van der Waals surface area contributed by atoms with Gasteiger partial charge in [0.1, 0.15) is 6.07 Å². The Morgan fingerprint density at radius 2 is 1.86 bits per heavy atom. The maximum absolute atomic E-state index is 10.8. The molecule has 4 heteroatoms. The largest absolute Gasteiger partial charge is 0.544 e. The average molecular weight is 279 g/mol. The number of hydrogen-bond acceptors (Lipinski definition) is 3. The minimum atomic E-state index is -1.46. The lowest BCUT2D eigenvalue weighted by Gasteiger charge is -2.10. The van der Waals surface area contributed by atoms with Gasteiger partial charge in [-0.25, -0.2) is 0 Å². The maximum Gasteiger partial charge on any atom is 0.101 e. The number of rotatable bonds is 3. The summed E-state index contributed by atoms with van der Waals surface area (Å²) in [6.07, 6.45) is 1.35. The molecule has 1 aromatic carbocycles. The number of aryl methyl sites for hydroxylation is 2. The summed E-state index contributed by atoms with van der Waals surface area (Å²) in [5.41, 5.74) is 4.35. The van der Waals surface area contributed by atoms with E-state index in [1.165, 1.54) is 11.6 Å². The monoisotopic (exact) mass is 279 g/mol. The molecule has 1 aromatic heterocycles. The number of carboxylic acids is 1. The molecule has 2 aromatic rings. The molecular formula is C17H15N2O2-. The van der Waals surface area contributed by atoms with Gasteiger partial charge in [-0.1, -0.05) is 17.7 Å². The van der Waals surface area contributed by atoms with Crippen molar-refractivity contribution in [3.8, 4) is 11.8 Å². The van der Waals surface area contributed by atoms with Crippen LogP contribution in [0.5, 0.6) is 0 Å². The fourth-order valence-electron chi connectivity index (χ4n) is 2.32. The van der Waals surface area contributed by atoms with Crippen LogP contribution in [0.25, 0.3) is 11.8 Å². The van der Waals surface area contributed by atoms with E-state index in [0.717, 1.165) is 17.1 Å². The van der Waals surface area contributed by atoms with E-state index in [0.29, 0.717) is 5.56 Å². The maximum atomic E-state index is 10.8. The zero-order valence-corrected chi connectivity index (χ0v) is 12.2. The average Bonchev–Trinajstić information content (AvgIpc) is 2.71. The molecule has 0 atom stereocenters. The summed E-state index contributed by atoms with van der Waals surface area (Å²) in [5, 5.41) is 19.7. The summed E-state index contributed by atoms with van der Waals surface area (Å²) in [4.78, 5) is 10.8. The van der Waals surface area contributed by atoms with Crippen LogP contribution in [0.3, 0.4) is 0 Å². The van der Waals surface area contributed by atoms with Crippen molar-refractivity contribution < 1.29 is 9.90 Å². The molecule has 106 valence electrons. The summed E-state index contributed by atoms with van der Waals surface area (Å²) < 4.78 is 2.02. The Morgan fingerprint density at radius 3 is 2.38 bits per heavy atom. The number of carbonyl (C=O) groups is 1. The molecule has 0 aliphatic carbocycles. The fourth-order valence-corrected chi connectivity index (χ4v) is 2.32. The van der Waals surface area contributed by atoms with Crippen LogP contribution in [0.2, 0.25) is 0 Å². The number of aliphatic carboxylic acids is 1. The topological polar surface area (TPSA) is 68.8 Å². The van der Waals surface area contributed by atoms with Gasteiger partial charge in [0.15, 0.2) is 0 Å². The van der Waals surface area contributed by atoms with Crippen LogP contribution < -0.4 is 5.11 Å². The number of carbonyl (C=O) groups excluding carboxylic acids is 1. The number of nitriles is 1. The van der Waals surface area contributed by atoms with Crippen LogP contribution in [0.1, 0.15) is 22.5 Å². The van der Waals surface area contributed by atoms with Crippen LogP contribution in [0, 0.1) is 32.1 Å². The zero-order chi connectivity index (χ0) is 15.6. The molecule has 0 spiro atoms. The predicted octanol–water partition coefficient (Wildman–Crippen LogP) is 2.06. The molecule has 0 N–H and O–H groups in total. The van der Waals surface area contributed by atoms with Gasteiger partial charge >= 0.3 is 0 Å². The van der Waals surface area contributed by atoms with Crippen LogP contribution >= 0.6 is 0 Å². The van der Waals surface area contributed by atoms with Crippen molar-refractivity contribution in [1.29, 1.82) is 5.26 Å². The van der Waals surface area contributed by atoms with Gasteiger partial charge in [0, 0.05) is 17.1 Å². The molecule has 0 aliphatic rings. The lowest BCUT2D eigenvalue weighted by Crippen LogP contribution is -2.23. The molecular weight excluding hydrogens is 264 g/mol. The number of hydrogen-bond donors (Lipinski definition) is 0. The van der Waals surface area contributed by atoms with Crippen molar-refractivity contribution in [2.24, 2.45) is 0 Å². The van der Waals surface area contributed by atoms with E-state index in [1.54, 1.807) is 6.07 Å². The summed E-state index contributed by atoms with van der Waals surface area (Å²) in [5.74, 6) is -1.46. The van der Waals surface area contributed by atoms with Crippen LogP contribution in [0.4, 0.5) is 0 Å². The van der Waals surface area contributed by atoms with E-state index in [1.807, 2.05) is 55.7 Å². The molecule has 2 rings (SSSR count). The van der Waals surface area contributed by atoms with Gasteiger partial charge in [-0.2, -0.15) is 5.26 Å². The fraction of sp³-hybridized carbons (Fsp3) is 0.176. The first-order chi connectivity index (χ1) is 9.93. The van der Waals surface area contributed by atoms with Crippen molar-refractivity contribution in [1.82, 2.24) is 4.57 Å². The second-order valence-electron chi connectivity index (χ2n) is 4.95. The highest BCUT2D eigenvalue weighted by molar-refractivity contribution is 5.95. The summed E-state index contributed by atoms with van der Waals surface area (Å²) >= 11 is 0. The molecule has 0 amide bonds. The molecule has 0 saturated heterocycles. The molecule has 0 fully saturated rings. The zero-order valence-electron chi connectivity index (χ0n) is 12.2. The molecule has 0 unspecified atom stereocenters. The Hall–Kier alpha value is -2.80. The third-order valence-corrected chi connectivity index (χ3v) is 3.40. The first kappa shape index (κ1) is 14.6. The highest BCUT2D eigenvalue weighted by Gasteiger charge is 2.10. The van der Waals surface area contributed by atoms with Gasteiger partial charge in [-0.15, -0.1) is 0 Å². The summed E-state index contributed by atoms with van der Waals surface area (Å²) in [6.45, 7) is 5.85. The predicted molar refractivity (Wildman–Crippen MR) is 78.6 cm³/mol. The van der Waals surface area contributed by atoms with Crippen molar-refractivity contribution in [3.05, 3.63) is 58.4 Å². The minimum absolute atomic E-state index is 0.376. The summed E-state index contributed by atoms with van der Waals surface area (Å²) in [6, 6.07) is 11.6. The van der Waals surface area contributed by atoms with Gasteiger partial charge in [-0.3, -0.25) is 0 Å². The van der Waals surface area contributed by atoms with Crippen LogP contribution in [0.15, 0.2) is 35.9 Å². The van der Waals surface area contributed by atoms with Crippen LogP contribution in [-0.2, 0) is 4.79 Å². The normalized spacial score (nSPS) is 11.2. The number of carboxylic acid groups (broad SMARTS) is 1. The number of nitrogens with zero attached hydrogens (tertiary/aromatic N) is 2. The number of benzene rings is 1. The Bertz CT molecular complexity index is 759. The molecule has 0 aliphatic heterocycles. The van der Waals surface area contributed by atoms with Gasteiger partial charge in [-0.05, 0) is 50.6 Å². The minimum Gasteiger partial charge on any atom is -0.544 e. The molecule has 4 nitrogen and oxygen atoms in total. The smallest absolute Gasteiger partial charge is 0.101 e. The molecule has 0 bridgehead atoms. The third kappa shape index (κ3) is 2.87. The van der Waals surface area contributed by atoms with E-state index in [2.05, 4.69) is 0 Å². The van der Waals surface area contributed by atoms with E-state index in [-0.39, 0.29) is 5.57 Å². The quantitative estimate of drug-likeness (QED) is 0.638. The van der Waals surface area contributed by atoms with Crippen LogP contribution in [-0.4, -0.2) is 10.5 Å². The van der Waals surface area contributed by atoms with Gasteiger partial charge in [0.2, 0.25) is 0 Å². The van der Waals surface area contributed by atoms with E-state index >= 15 is 0 Å². The SMILES string of the molecule is Cc1ccc(-n2c(C)cc(/C=C(\C#N)C(=O)[O-])c2C)cc1. The van der Waals surface area contributed by atoms with Crippen molar-refractivity contribution in [2.45, 2.75) is 20.8 Å². The lowest BCUT2D eigenvalue weighted by atomic mass is 10.1. The first-order valence-electron chi connectivity index (χ1n) is 6.53. The Balaban J connectivity index is 2.55. The molecule has 21 heavy (non-hydrogen) atoms. The second-order valence-corrected chi connectivity index (χ2v) is 4.95. The Kier molecular flexibility index (Phi) is 3.95. The van der Waals surface area contributed by atoms with Gasteiger partial charge < -0.3 is 14.5 Å². The van der Waals surface area contributed by atoms with E-state index in [9.17, 15) is 9.90 Å². The highest BCUT2D eigenvalue weighted by Crippen LogP contribution is 2.23. The standard InChI is InChI=1S/C17H16N2O2/c1-11-4-6-16(7-5-11)19-12(2)8-14(13(19)3)9-15(10-18)17(20)21/h4-9H,1-3H3,(H,20,21)/p-1/b15-9+. The third-order valence-electron chi connectivity index (χ3n) is 3.40. The summed E-state index contributed by atoms with van der Waals surface area (Å²) in [7, 11) is 0. The van der Waals surface area contributed by atoms with Crippen molar-refractivity contribution >= 4 is 12.0 Å². The molecule has 1 heterocycles. The van der Waals surface area contributed by atoms with Crippen molar-refractivity contribution in [2.75, 3.05) is 0 Å². The first-order valence-corrected chi connectivity index (χ1v) is 6.53. The van der Waals surface area contributed by atoms with E-state index in [4.69, 9.17) is 5.26 Å². The van der Waals surface area contributed by atoms with Gasteiger partial charge in [0.25, 0.3) is 0 Å². The number of aromatic nitrogens is 1. The lowest BCUT2D eigenvalue weighted by molar-refractivity contribution is -0.298. The van der Waals surface area contributed by atoms with Crippen molar-refractivity contribution in [3.63, 3.8) is 0 Å². The Morgan fingerprint density at radius 1 is 1.24 bits per heavy atom. The van der Waals surface area contributed by atoms with Gasteiger partial charge in [0.05, 0.1) is 11.5 Å². The Labute approximate surface area is 123 Å². The van der Waals surface area contributed by atoms with E-state index < -0.39 is 5.97 Å².